The standard InChI is InChI=1S/C19H18ClFN2O3/c1-3-23-16-7-8-22-10-13(16)14(18(23)19(24)25-4-2)11-26-17-6-5-12(21)9-15(17)20/h5-10H,3-4,11H2,1-2H3. The van der Waals surface area contributed by atoms with Gasteiger partial charge in [0.2, 0.25) is 0 Å². The van der Waals surface area contributed by atoms with Gasteiger partial charge in [0.25, 0.3) is 0 Å². The maximum atomic E-state index is 13.2. The SMILES string of the molecule is CCOC(=O)c1c(COc2ccc(F)cc2Cl)c2cnccc2n1CC. The molecule has 0 radical (unpaired) electrons. The number of hydrogen-bond donors (Lipinski definition) is 0. The van der Waals surface area contributed by atoms with Crippen molar-refractivity contribution in [2.75, 3.05) is 6.61 Å². The van der Waals surface area contributed by atoms with Gasteiger partial charge in [0.05, 0.1) is 17.1 Å². The minimum absolute atomic E-state index is 0.0781. The van der Waals surface area contributed by atoms with Crippen LogP contribution in [0.5, 0.6) is 5.75 Å². The number of carbonyl (C=O) groups is 1. The maximum Gasteiger partial charge on any atom is 0.355 e. The van der Waals surface area contributed by atoms with Gasteiger partial charge in [-0.1, -0.05) is 11.6 Å². The predicted molar refractivity (Wildman–Crippen MR) is 97.1 cm³/mol. The van der Waals surface area contributed by atoms with Crippen LogP contribution in [0.25, 0.3) is 10.9 Å². The van der Waals surface area contributed by atoms with Gasteiger partial charge in [-0.2, -0.15) is 0 Å². The second-order valence-corrected chi connectivity index (χ2v) is 5.96. The number of aromatic nitrogens is 2. The fourth-order valence-electron chi connectivity index (χ4n) is 2.92. The lowest BCUT2D eigenvalue weighted by molar-refractivity contribution is 0.0511. The van der Waals surface area contributed by atoms with Crippen LogP contribution in [0, 0.1) is 5.82 Å². The van der Waals surface area contributed by atoms with Crippen LogP contribution in [0.15, 0.2) is 36.7 Å². The average molecular weight is 377 g/mol. The Bertz CT molecular complexity index is 955. The van der Waals surface area contributed by atoms with Crippen molar-refractivity contribution in [2.45, 2.75) is 27.0 Å². The highest BCUT2D eigenvalue weighted by atomic mass is 35.5. The number of halogens is 2. The van der Waals surface area contributed by atoms with Gasteiger partial charge in [0.15, 0.2) is 0 Å². The molecule has 2 aromatic heterocycles. The van der Waals surface area contributed by atoms with Crippen LogP contribution in [0.2, 0.25) is 5.02 Å². The maximum absolute atomic E-state index is 13.2. The molecule has 136 valence electrons. The zero-order chi connectivity index (χ0) is 18.7. The third-order valence-corrected chi connectivity index (χ3v) is 4.32. The Labute approximate surface area is 155 Å². The summed E-state index contributed by atoms with van der Waals surface area (Å²) in [7, 11) is 0. The van der Waals surface area contributed by atoms with Crippen LogP contribution in [-0.2, 0) is 17.9 Å². The molecule has 0 aliphatic rings. The summed E-state index contributed by atoms with van der Waals surface area (Å²) in [6, 6.07) is 5.75. The van der Waals surface area contributed by atoms with E-state index in [9.17, 15) is 9.18 Å². The van der Waals surface area contributed by atoms with Crippen molar-refractivity contribution in [2.24, 2.45) is 0 Å². The number of ether oxygens (including phenoxy) is 2. The topological polar surface area (TPSA) is 53.4 Å². The molecular weight excluding hydrogens is 359 g/mol. The van der Waals surface area contributed by atoms with Crippen LogP contribution in [0.3, 0.4) is 0 Å². The van der Waals surface area contributed by atoms with Gasteiger partial charge in [0, 0.05) is 29.9 Å². The molecule has 0 amide bonds. The highest BCUT2D eigenvalue weighted by molar-refractivity contribution is 6.32. The minimum Gasteiger partial charge on any atom is -0.487 e. The molecular formula is C19H18ClFN2O3. The van der Waals surface area contributed by atoms with Crippen LogP contribution >= 0.6 is 11.6 Å². The summed E-state index contributed by atoms with van der Waals surface area (Å²) in [6.45, 7) is 4.64. The first-order valence-electron chi connectivity index (χ1n) is 8.26. The molecule has 0 bridgehead atoms. The van der Waals surface area contributed by atoms with Gasteiger partial charge >= 0.3 is 5.97 Å². The van der Waals surface area contributed by atoms with Crippen LogP contribution < -0.4 is 4.74 Å². The molecule has 0 aliphatic heterocycles. The zero-order valence-electron chi connectivity index (χ0n) is 14.5. The Morgan fingerprint density at radius 2 is 2.12 bits per heavy atom. The Balaban J connectivity index is 2.05. The fraction of sp³-hybridized carbons (Fsp3) is 0.263. The smallest absolute Gasteiger partial charge is 0.355 e. The molecule has 0 atom stereocenters. The Morgan fingerprint density at radius 1 is 1.31 bits per heavy atom. The van der Waals surface area contributed by atoms with E-state index in [1.807, 2.05) is 17.6 Å². The lowest BCUT2D eigenvalue weighted by Crippen LogP contribution is -2.14. The molecule has 0 aliphatic carbocycles. The van der Waals surface area contributed by atoms with E-state index in [1.165, 1.54) is 18.2 Å². The first kappa shape index (κ1) is 18.2. The Hall–Kier alpha value is -2.60. The quantitative estimate of drug-likeness (QED) is 0.590. The Kier molecular flexibility index (Phi) is 5.42. The number of benzene rings is 1. The second-order valence-electron chi connectivity index (χ2n) is 5.55. The van der Waals surface area contributed by atoms with E-state index in [1.54, 1.807) is 19.3 Å². The first-order chi connectivity index (χ1) is 12.6. The number of esters is 1. The number of nitrogens with zero attached hydrogens (tertiary/aromatic N) is 2. The highest BCUT2D eigenvalue weighted by Crippen LogP contribution is 2.30. The minimum atomic E-state index is -0.443. The van der Waals surface area contributed by atoms with Gasteiger partial charge in [-0.15, -0.1) is 0 Å². The lowest BCUT2D eigenvalue weighted by Gasteiger charge is -2.11. The van der Waals surface area contributed by atoms with Crippen LogP contribution in [0.1, 0.15) is 29.9 Å². The van der Waals surface area contributed by atoms with E-state index in [0.717, 1.165) is 10.9 Å². The van der Waals surface area contributed by atoms with E-state index in [0.29, 0.717) is 23.6 Å². The predicted octanol–water partition coefficient (Wildman–Crippen LogP) is 4.60. The van der Waals surface area contributed by atoms with Crippen molar-refractivity contribution in [3.8, 4) is 5.75 Å². The summed E-state index contributed by atoms with van der Waals surface area (Å²) in [4.78, 5) is 16.7. The highest BCUT2D eigenvalue weighted by Gasteiger charge is 2.24. The van der Waals surface area contributed by atoms with Crippen molar-refractivity contribution in [1.82, 2.24) is 9.55 Å². The van der Waals surface area contributed by atoms with Gasteiger partial charge in [-0.3, -0.25) is 4.98 Å². The number of rotatable bonds is 6. The van der Waals surface area contributed by atoms with E-state index in [4.69, 9.17) is 21.1 Å². The number of fused-ring (bicyclic) bond motifs is 1. The monoisotopic (exact) mass is 376 g/mol. The summed E-state index contributed by atoms with van der Waals surface area (Å²) in [5, 5.41) is 0.968. The molecule has 0 saturated carbocycles. The molecule has 26 heavy (non-hydrogen) atoms. The molecule has 0 N–H and O–H groups in total. The molecule has 3 aromatic rings. The molecule has 2 heterocycles. The summed E-state index contributed by atoms with van der Waals surface area (Å²) in [5.74, 6) is -0.528. The third-order valence-electron chi connectivity index (χ3n) is 4.02. The first-order valence-corrected chi connectivity index (χ1v) is 8.64. The van der Waals surface area contributed by atoms with E-state index < -0.39 is 11.8 Å². The molecule has 0 unspecified atom stereocenters. The van der Waals surface area contributed by atoms with Crippen molar-refractivity contribution < 1.29 is 18.7 Å². The van der Waals surface area contributed by atoms with Crippen molar-refractivity contribution >= 4 is 28.5 Å². The zero-order valence-corrected chi connectivity index (χ0v) is 15.2. The van der Waals surface area contributed by atoms with E-state index >= 15 is 0 Å². The summed E-state index contributed by atoms with van der Waals surface area (Å²) in [6.07, 6.45) is 3.36. The number of pyridine rings is 1. The summed E-state index contributed by atoms with van der Waals surface area (Å²) >= 11 is 6.02. The van der Waals surface area contributed by atoms with Crippen molar-refractivity contribution in [1.29, 1.82) is 0 Å². The van der Waals surface area contributed by atoms with Gasteiger partial charge in [0.1, 0.15) is 23.9 Å². The normalized spacial score (nSPS) is 10.9. The van der Waals surface area contributed by atoms with Gasteiger partial charge < -0.3 is 14.0 Å². The van der Waals surface area contributed by atoms with E-state index in [-0.39, 0.29) is 18.2 Å². The summed E-state index contributed by atoms with van der Waals surface area (Å²) in [5.41, 5.74) is 1.96. The number of carbonyl (C=O) groups excluding carboxylic acids is 1. The largest absolute Gasteiger partial charge is 0.487 e. The summed E-state index contributed by atoms with van der Waals surface area (Å²) < 4.78 is 26.1. The second kappa shape index (κ2) is 7.74. The molecule has 0 fully saturated rings. The van der Waals surface area contributed by atoms with Crippen LogP contribution in [-0.4, -0.2) is 22.1 Å². The van der Waals surface area contributed by atoms with Crippen molar-refractivity contribution in [3.63, 3.8) is 0 Å². The number of hydrogen-bond acceptors (Lipinski definition) is 4. The van der Waals surface area contributed by atoms with E-state index in [2.05, 4.69) is 4.98 Å². The molecule has 7 heteroatoms. The molecule has 3 rings (SSSR count). The Morgan fingerprint density at radius 3 is 2.81 bits per heavy atom. The number of aryl methyl sites for hydroxylation is 1. The molecule has 0 spiro atoms. The third kappa shape index (κ3) is 3.37. The van der Waals surface area contributed by atoms with Crippen molar-refractivity contribution in [3.05, 3.63) is 58.8 Å². The van der Waals surface area contributed by atoms with Crippen LogP contribution in [0.4, 0.5) is 4.39 Å². The van der Waals surface area contributed by atoms with Gasteiger partial charge in [-0.25, -0.2) is 9.18 Å². The van der Waals surface area contributed by atoms with Gasteiger partial charge in [-0.05, 0) is 38.1 Å². The molecule has 1 aromatic carbocycles. The average Bonchev–Trinajstić information content (AvgIpc) is 2.95. The lowest BCUT2D eigenvalue weighted by atomic mass is 10.2. The fourth-order valence-corrected chi connectivity index (χ4v) is 3.14. The molecule has 5 nitrogen and oxygen atoms in total. The molecule has 0 saturated heterocycles.